The van der Waals surface area contributed by atoms with Crippen LogP contribution in [0, 0.1) is 0 Å². The number of carboxylic acid groups (broad SMARTS) is 1. The molecular formula is C11H11N3O4. The Labute approximate surface area is 102 Å². The Hall–Kier alpha value is -2.57. The molecule has 0 atom stereocenters. The molecule has 1 aliphatic heterocycles. The van der Waals surface area contributed by atoms with Gasteiger partial charge in [0, 0.05) is 11.4 Å². The maximum atomic E-state index is 11.3. The molecule has 0 bridgehead atoms. The first kappa shape index (κ1) is 11.9. The number of carbonyl (C=O) groups is 3. The fourth-order valence-corrected chi connectivity index (χ4v) is 1.64. The summed E-state index contributed by atoms with van der Waals surface area (Å²) in [7, 11) is 0. The molecule has 1 aromatic rings. The van der Waals surface area contributed by atoms with Gasteiger partial charge < -0.3 is 21.1 Å². The zero-order valence-electron chi connectivity index (χ0n) is 9.32. The van der Waals surface area contributed by atoms with Crippen LogP contribution in [0.4, 0.5) is 16.2 Å². The summed E-state index contributed by atoms with van der Waals surface area (Å²) in [6, 6.07) is 4.39. The van der Waals surface area contributed by atoms with Crippen molar-refractivity contribution in [1.82, 2.24) is 5.32 Å². The highest BCUT2D eigenvalue weighted by molar-refractivity contribution is 6.00. The van der Waals surface area contributed by atoms with E-state index in [1.165, 1.54) is 0 Å². The van der Waals surface area contributed by atoms with E-state index in [1.54, 1.807) is 18.2 Å². The van der Waals surface area contributed by atoms with E-state index in [1.807, 2.05) is 0 Å². The lowest BCUT2D eigenvalue weighted by molar-refractivity contribution is -0.135. The van der Waals surface area contributed by atoms with Gasteiger partial charge in [0.15, 0.2) is 0 Å². The van der Waals surface area contributed by atoms with Gasteiger partial charge in [-0.25, -0.2) is 4.79 Å². The number of rotatable bonds is 3. The summed E-state index contributed by atoms with van der Waals surface area (Å²) in [5, 5.41) is 15.7. The van der Waals surface area contributed by atoms with Crippen LogP contribution in [0.5, 0.6) is 0 Å². The van der Waals surface area contributed by atoms with Crippen LogP contribution in [-0.4, -0.2) is 29.6 Å². The zero-order valence-corrected chi connectivity index (χ0v) is 9.32. The minimum atomic E-state index is -1.12. The summed E-state index contributed by atoms with van der Waals surface area (Å²) in [6.07, 6.45) is 0.279. The Morgan fingerprint density at radius 1 is 1.39 bits per heavy atom. The fraction of sp³-hybridized carbons (Fsp3) is 0.182. The van der Waals surface area contributed by atoms with Crippen LogP contribution in [0.15, 0.2) is 18.2 Å². The van der Waals surface area contributed by atoms with Gasteiger partial charge in [-0.1, -0.05) is 0 Å². The second-order valence-electron chi connectivity index (χ2n) is 3.80. The number of urea groups is 1. The van der Waals surface area contributed by atoms with E-state index in [2.05, 4.69) is 16.0 Å². The van der Waals surface area contributed by atoms with Gasteiger partial charge in [0.1, 0.15) is 6.54 Å². The van der Waals surface area contributed by atoms with Crippen LogP contribution in [0.25, 0.3) is 0 Å². The van der Waals surface area contributed by atoms with Crippen molar-refractivity contribution in [1.29, 1.82) is 0 Å². The molecule has 1 heterocycles. The molecule has 0 aliphatic carbocycles. The molecule has 1 aromatic carbocycles. The summed E-state index contributed by atoms with van der Waals surface area (Å²) in [5.74, 6) is -1.20. The third-order valence-corrected chi connectivity index (χ3v) is 2.39. The number of carbonyl (C=O) groups excluding carboxylic acids is 2. The molecule has 0 unspecified atom stereocenters. The molecule has 0 fully saturated rings. The van der Waals surface area contributed by atoms with Gasteiger partial charge in [-0.05, 0) is 23.8 Å². The average molecular weight is 249 g/mol. The Balaban J connectivity index is 1.99. The molecule has 0 saturated heterocycles. The highest BCUT2D eigenvalue weighted by atomic mass is 16.4. The Kier molecular flexibility index (Phi) is 3.13. The van der Waals surface area contributed by atoms with Crippen LogP contribution >= 0.6 is 0 Å². The van der Waals surface area contributed by atoms with Crippen LogP contribution in [0.3, 0.4) is 0 Å². The molecule has 0 radical (unpaired) electrons. The molecule has 7 heteroatoms. The zero-order chi connectivity index (χ0) is 13.1. The number of amides is 3. The summed E-state index contributed by atoms with van der Waals surface area (Å²) in [6.45, 7) is -0.448. The van der Waals surface area contributed by atoms with E-state index in [-0.39, 0.29) is 12.3 Å². The lowest BCUT2D eigenvalue weighted by atomic mass is 10.1. The van der Waals surface area contributed by atoms with Crippen LogP contribution in [0.1, 0.15) is 5.56 Å². The summed E-state index contributed by atoms with van der Waals surface area (Å²) in [4.78, 5) is 32.7. The summed E-state index contributed by atoms with van der Waals surface area (Å²) < 4.78 is 0. The third kappa shape index (κ3) is 2.76. The SMILES string of the molecule is O=C(O)CNC(=O)Nc1ccc2c(c1)CC(=O)N2. The summed E-state index contributed by atoms with van der Waals surface area (Å²) in [5.41, 5.74) is 2.04. The van der Waals surface area contributed by atoms with Crippen molar-refractivity contribution in [2.45, 2.75) is 6.42 Å². The van der Waals surface area contributed by atoms with E-state index in [0.717, 1.165) is 11.3 Å². The Morgan fingerprint density at radius 2 is 2.17 bits per heavy atom. The van der Waals surface area contributed by atoms with E-state index in [0.29, 0.717) is 5.69 Å². The van der Waals surface area contributed by atoms with E-state index >= 15 is 0 Å². The van der Waals surface area contributed by atoms with E-state index in [9.17, 15) is 14.4 Å². The maximum Gasteiger partial charge on any atom is 0.323 e. The number of carboxylic acids is 1. The maximum absolute atomic E-state index is 11.3. The highest BCUT2D eigenvalue weighted by Gasteiger charge is 2.17. The molecule has 2 rings (SSSR count). The van der Waals surface area contributed by atoms with Gasteiger partial charge in [0.2, 0.25) is 5.91 Å². The molecule has 18 heavy (non-hydrogen) atoms. The largest absolute Gasteiger partial charge is 0.480 e. The molecule has 0 aromatic heterocycles. The standard InChI is InChI=1S/C11H11N3O4/c15-9-4-6-3-7(1-2-8(6)14-9)13-11(18)12-5-10(16)17/h1-3H,4-5H2,(H,14,15)(H,16,17)(H2,12,13,18). The van der Waals surface area contributed by atoms with Crippen molar-refractivity contribution in [2.75, 3.05) is 17.2 Å². The molecule has 94 valence electrons. The average Bonchev–Trinajstić information content (AvgIpc) is 2.66. The number of fused-ring (bicyclic) bond motifs is 1. The molecule has 0 saturated carbocycles. The van der Waals surface area contributed by atoms with E-state index in [4.69, 9.17) is 5.11 Å². The lowest BCUT2D eigenvalue weighted by Gasteiger charge is -2.07. The number of benzene rings is 1. The van der Waals surface area contributed by atoms with Gasteiger partial charge in [0.25, 0.3) is 0 Å². The van der Waals surface area contributed by atoms with Crippen molar-refractivity contribution >= 4 is 29.3 Å². The Bertz CT molecular complexity index is 527. The first-order valence-electron chi connectivity index (χ1n) is 5.24. The highest BCUT2D eigenvalue weighted by Crippen LogP contribution is 2.25. The number of hydrogen-bond acceptors (Lipinski definition) is 3. The predicted octanol–water partition coefficient (Wildman–Crippen LogP) is 0.387. The smallest absolute Gasteiger partial charge is 0.323 e. The summed E-state index contributed by atoms with van der Waals surface area (Å²) >= 11 is 0. The van der Waals surface area contributed by atoms with Gasteiger partial charge in [-0.2, -0.15) is 0 Å². The fourth-order valence-electron chi connectivity index (χ4n) is 1.64. The first-order chi connectivity index (χ1) is 8.54. The minimum absolute atomic E-state index is 0.0857. The van der Waals surface area contributed by atoms with Crippen molar-refractivity contribution in [2.24, 2.45) is 0 Å². The normalized spacial score (nSPS) is 12.6. The number of nitrogens with one attached hydrogen (secondary N) is 3. The second kappa shape index (κ2) is 4.74. The third-order valence-electron chi connectivity index (χ3n) is 2.39. The van der Waals surface area contributed by atoms with Gasteiger partial charge in [-0.3, -0.25) is 9.59 Å². The topological polar surface area (TPSA) is 108 Å². The second-order valence-corrected chi connectivity index (χ2v) is 3.80. The van der Waals surface area contributed by atoms with Crippen LogP contribution in [-0.2, 0) is 16.0 Å². The minimum Gasteiger partial charge on any atom is -0.480 e. The molecular weight excluding hydrogens is 238 g/mol. The van der Waals surface area contributed by atoms with Crippen LogP contribution < -0.4 is 16.0 Å². The van der Waals surface area contributed by atoms with Gasteiger partial charge in [-0.15, -0.1) is 0 Å². The van der Waals surface area contributed by atoms with Crippen LogP contribution in [0.2, 0.25) is 0 Å². The van der Waals surface area contributed by atoms with Crippen molar-refractivity contribution in [3.63, 3.8) is 0 Å². The van der Waals surface area contributed by atoms with Gasteiger partial charge >= 0.3 is 12.0 Å². The van der Waals surface area contributed by atoms with Crippen molar-refractivity contribution in [3.8, 4) is 0 Å². The molecule has 0 spiro atoms. The quantitative estimate of drug-likeness (QED) is 0.621. The van der Waals surface area contributed by atoms with E-state index < -0.39 is 18.5 Å². The number of anilines is 2. The molecule has 4 N–H and O–H groups in total. The number of aliphatic carboxylic acids is 1. The van der Waals surface area contributed by atoms with Crippen molar-refractivity contribution in [3.05, 3.63) is 23.8 Å². The van der Waals surface area contributed by atoms with Gasteiger partial charge in [0.05, 0.1) is 6.42 Å². The first-order valence-corrected chi connectivity index (χ1v) is 5.24. The lowest BCUT2D eigenvalue weighted by Crippen LogP contribution is -2.33. The monoisotopic (exact) mass is 249 g/mol. The molecule has 3 amide bonds. The number of hydrogen-bond donors (Lipinski definition) is 4. The predicted molar refractivity (Wildman–Crippen MR) is 63.4 cm³/mol. The van der Waals surface area contributed by atoms with Crippen molar-refractivity contribution < 1.29 is 19.5 Å². The Morgan fingerprint density at radius 3 is 2.89 bits per heavy atom. The molecule has 1 aliphatic rings. The molecule has 7 nitrogen and oxygen atoms in total.